The molecule has 0 aliphatic heterocycles. The van der Waals surface area contributed by atoms with Crippen molar-refractivity contribution in [1.82, 2.24) is 15.2 Å². The maximum atomic E-state index is 13.1. The van der Waals surface area contributed by atoms with Gasteiger partial charge in [-0.1, -0.05) is 12.1 Å². The quantitative estimate of drug-likeness (QED) is 0.375. The highest BCUT2D eigenvalue weighted by Gasteiger charge is 2.18. The van der Waals surface area contributed by atoms with Crippen LogP contribution in [0.2, 0.25) is 0 Å². The number of halogens is 1. The third-order valence-electron chi connectivity index (χ3n) is 3.97. The molecule has 1 atom stereocenters. The van der Waals surface area contributed by atoms with Crippen molar-refractivity contribution in [2.24, 2.45) is 0 Å². The van der Waals surface area contributed by atoms with E-state index in [1.54, 1.807) is 18.2 Å². The molecule has 3 N–H and O–H groups in total. The van der Waals surface area contributed by atoms with Crippen LogP contribution in [0.15, 0.2) is 42.5 Å². The number of anilines is 3. The molecule has 10 heteroatoms. The first kappa shape index (κ1) is 20.1. The van der Waals surface area contributed by atoms with Gasteiger partial charge in [0, 0.05) is 18.2 Å². The van der Waals surface area contributed by atoms with E-state index in [0.29, 0.717) is 17.5 Å². The Hall–Kier alpha value is -3.69. The van der Waals surface area contributed by atoms with Crippen molar-refractivity contribution >= 4 is 23.1 Å². The Morgan fingerprint density at radius 1 is 1.17 bits per heavy atom. The Morgan fingerprint density at radius 2 is 1.90 bits per heavy atom. The average molecular weight is 400 g/mol. The van der Waals surface area contributed by atoms with Crippen LogP contribution in [0.3, 0.4) is 0 Å². The van der Waals surface area contributed by atoms with E-state index in [2.05, 4.69) is 25.8 Å². The minimum atomic E-state index is -0.523. The van der Waals surface area contributed by atoms with E-state index in [1.165, 1.54) is 24.3 Å². The molecule has 0 bridgehead atoms. The summed E-state index contributed by atoms with van der Waals surface area (Å²) in [6, 6.07) is 10.4. The van der Waals surface area contributed by atoms with E-state index in [0.717, 1.165) is 5.56 Å². The fraction of sp³-hybridized carbons (Fsp3) is 0.263. The number of aromatic nitrogens is 3. The molecule has 1 unspecified atom stereocenters. The van der Waals surface area contributed by atoms with Crippen LogP contribution in [0.4, 0.5) is 27.5 Å². The number of H-pyrrole nitrogens is 1. The highest BCUT2D eigenvalue weighted by Crippen LogP contribution is 2.29. The van der Waals surface area contributed by atoms with Gasteiger partial charge in [0.05, 0.1) is 11.0 Å². The van der Waals surface area contributed by atoms with Crippen molar-refractivity contribution < 1.29 is 14.1 Å². The molecule has 0 spiro atoms. The van der Waals surface area contributed by atoms with Crippen LogP contribution in [0.5, 0.6) is 5.88 Å². The van der Waals surface area contributed by atoms with Crippen LogP contribution in [0.25, 0.3) is 0 Å². The highest BCUT2D eigenvalue weighted by atomic mass is 19.1. The summed E-state index contributed by atoms with van der Waals surface area (Å²) >= 11 is 0. The average Bonchev–Trinajstić information content (AvgIpc) is 3.08. The van der Waals surface area contributed by atoms with Gasteiger partial charge < -0.3 is 15.4 Å². The maximum Gasteiger partial charge on any atom is 0.311 e. The molecule has 2 heterocycles. The van der Waals surface area contributed by atoms with Gasteiger partial charge in [-0.3, -0.25) is 15.2 Å². The van der Waals surface area contributed by atoms with Crippen LogP contribution >= 0.6 is 0 Å². The molecule has 29 heavy (non-hydrogen) atoms. The molecule has 3 aromatic rings. The molecule has 9 nitrogen and oxygen atoms in total. The standard InChI is InChI=1S/C19H21FN6O3/c1-11(2)29-18-10-17(24-25-18)23-19-15(26(27)28)8-9-16(22-19)21-12(3)13-4-6-14(20)7-5-13/h4-12H,1-3H3,(H3,21,22,23,24,25). The van der Waals surface area contributed by atoms with Gasteiger partial charge in [-0.05, 0) is 44.5 Å². The lowest BCUT2D eigenvalue weighted by atomic mass is 10.1. The van der Waals surface area contributed by atoms with Crippen LogP contribution in [-0.2, 0) is 0 Å². The molecule has 0 saturated carbocycles. The number of hydrogen-bond acceptors (Lipinski definition) is 7. The summed E-state index contributed by atoms with van der Waals surface area (Å²) in [6.45, 7) is 5.62. The van der Waals surface area contributed by atoms with E-state index < -0.39 is 4.92 Å². The van der Waals surface area contributed by atoms with Crippen LogP contribution in [0.1, 0.15) is 32.4 Å². The summed E-state index contributed by atoms with van der Waals surface area (Å²) in [7, 11) is 0. The third kappa shape index (κ3) is 5.18. The molecule has 3 rings (SSSR count). The molecule has 0 radical (unpaired) electrons. The van der Waals surface area contributed by atoms with Crippen molar-refractivity contribution in [3.63, 3.8) is 0 Å². The second-order valence-corrected chi connectivity index (χ2v) is 6.65. The first-order chi connectivity index (χ1) is 13.8. The predicted molar refractivity (Wildman–Crippen MR) is 107 cm³/mol. The second-order valence-electron chi connectivity index (χ2n) is 6.65. The highest BCUT2D eigenvalue weighted by molar-refractivity contribution is 5.66. The smallest absolute Gasteiger partial charge is 0.311 e. The van der Waals surface area contributed by atoms with Crippen LogP contribution in [-0.4, -0.2) is 26.2 Å². The summed E-state index contributed by atoms with van der Waals surface area (Å²) in [5.41, 5.74) is 0.663. The minimum Gasteiger partial charge on any atom is -0.474 e. The molecule has 0 aliphatic rings. The zero-order valence-corrected chi connectivity index (χ0v) is 16.1. The predicted octanol–water partition coefficient (Wildman–Crippen LogP) is 4.56. The van der Waals surface area contributed by atoms with Crippen molar-refractivity contribution in [3.8, 4) is 5.88 Å². The van der Waals surface area contributed by atoms with Gasteiger partial charge in [-0.15, -0.1) is 5.10 Å². The van der Waals surface area contributed by atoms with Gasteiger partial charge in [0.15, 0.2) is 0 Å². The van der Waals surface area contributed by atoms with E-state index in [-0.39, 0.29) is 29.5 Å². The van der Waals surface area contributed by atoms with Gasteiger partial charge in [0.2, 0.25) is 11.7 Å². The van der Waals surface area contributed by atoms with Crippen molar-refractivity contribution in [1.29, 1.82) is 0 Å². The Balaban J connectivity index is 1.81. The summed E-state index contributed by atoms with van der Waals surface area (Å²) in [5.74, 6) is 0.921. The van der Waals surface area contributed by atoms with Gasteiger partial charge >= 0.3 is 5.69 Å². The summed E-state index contributed by atoms with van der Waals surface area (Å²) < 4.78 is 18.6. The lowest BCUT2D eigenvalue weighted by Gasteiger charge is -2.15. The number of benzene rings is 1. The Morgan fingerprint density at radius 3 is 2.55 bits per heavy atom. The van der Waals surface area contributed by atoms with E-state index >= 15 is 0 Å². The molecular weight excluding hydrogens is 379 g/mol. The Bertz CT molecular complexity index is 990. The number of nitro groups is 1. The van der Waals surface area contributed by atoms with Crippen molar-refractivity contribution in [3.05, 3.63) is 64.0 Å². The number of nitrogens with zero attached hydrogens (tertiary/aromatic N) is 3. The normalized spacial score (nSPS) is 11.9. The number of hydrogen-bond donors (Lipinski definition) is 3. The van der Waals surface area contributed by atoms with Crippen molar-refractivity contribution in [2.75, 3.05) is 10.6 Å². The van der Waals surface area contributed by atoms with Crippen molar-refractivity contribution in [2.45, 2.75) is 32.9 Å². The Kier molecular flexibility index (Phi) is 5.91. The van der Waals surface area contributed by atoms with E-state index in [4.69, 9.17) is 4.74 Å². The number of nitrogens with one attached hydrogen (secondary N) is 3. The fourth-order valence-corrected chi connectivity index (χ4v) is 2.62. The lowest BCUT2D eigenvalue weighted by molar-refractivity contribution is -0.384. The monoisotopic (exact) mass is 400 g/mol. The molecule has 152 valence electrons. The SMILES string of the molecule is CC(C)Oc1cc(Nc2nc(NC(C)c3ccc(F)cc3)ccc2[N+](=O)[O-])[nH]n1. The third-order valence-corrected chi connectivity index (χ3v) is 3.97. The zero-order chi connectivity index (χ0) is 21.0. The first-order valence-electron chi connectivity index (χ1n) is 8.98. The van der Waals surface area contributed by atoms with Gasteiger partial charge in [0.25, 0.3) is 0 Å². The van der Waals surface area contributed by atoms with E-state index in [9.17, 15) is 14.5 Å². The molecule has 0 aliphatic carbocycles. The second kappa shape index (κ2) is 8.55. The zero-order valence-electron chi connectivity index (χ0n) is 16.1. The number of pyridine rings is 1. The molecule has 0 saturated heterocycles. The fourth-order valence-electron chi connectivity index (χ4n) is 2.62. The number of rotatable bonds is 8. The molecule has 0 amide bonds. The maximum absolute atomic E-state index is 13.1. The largest absolute Gasteiger partial charge is 0.474 e. The number of aromatic amines is 1. The van der Waals surface area contributed by atoms with Gasteiger partial charge in [0.1, 0.15) is 17.5 Å². The topological polar surface area (TPSA) is 118 Å². The summed E-state index contributed by atoms with van der Waals surface area (Å²) in [4.78, 5) is 15.2. The van der Waals surface area contributed by atoms with Gasteiger partial charge in [-0.2, -0.15) is 0 Å². The summed E-state index contributed by atoms with van der Waals surface area (Å²) in [5, 5.41) is 24.1. The Labute approximate surface area is 166 Å². The number of ether oxygens (including phenoxy) is 1. The van der Waals surface area contributed by atoms with Gasteiger partial charge in [-0.25, -0.2) is 9.37 Å². The van der Waals surface area contributed by atoms with E-state index in [1.807, 2.05) is 20.8 Å². The lowest BCUT2D eigenvalue weighted by Crippen LogP contribution is -2.09. The molecule has 1 aromatic carbocycles. The molecule has 0 fully saturated rings. The minimum absolute atomic E-state index is 0.0473. The van der Waals surface area contributed by atoms with Crippen LogP contribution < -0.4 is 15.4 Å². The first-order valence-corrected chi connectivity index (χ1v) is 8.98. The molecule has 2 aromatic heterocycles. The molecular formula is C19H21FN6O3. The van der Waals surface area contributed by atoms with Crippen LogP contribution in [0, 0.1) is 15.9 Å². The summed E-state index contributed by atoms with van der Waals surface area (Å²) in [6.07, 6.45) is -0.0564.